The van der Waals surface area contributed by atoms with Crippen LogP contribution in [0.1, 0.15) is 22.4 Å². The molecule has 0 saturated carbocycles. The molecule has 0 saturated heterocycles. The van der Waals surface area contributed by atoms with E-state index >= 15 is 0 Å². The highest BCUT2D eigenvalue weighted by Gasteiger charge is 2.05. The zero-order valence-electron chi connectivity index (χ0n) is 11.8. The number of fused-ring (bicyclic) bond motifs is 1. The Bertz CT molecular complexity index is 818. The topological polar surface area (TPSA) is 74.9 Å². The minimum absolute atomic E-state index is 0.0445. The summed E-state index contributed by atoms with van der Waals surface area (Å²) in [4.78, 5) is 0. The van der Waals surface area contributed by atoms with Gasteiger partial charge >= 0.3 is 0 Å². The van der Waals surface area contributed by atoms with Gasteiger partial charge in [0.2, 0.25) is 0 Å². The zero-order chi connectivity index (χ0) is 14.8. The standard InChI is InChI=1S/C17H17N3O/c1-11-7-17-14(9-15(11)18)16(19-20-17)6-5-12-3-2-4-13(8-12)10-21/h2-9,21H,10,18H2,1H3,(H,19,20)/b6-5+. The van der Waals surface area contributed by atoms with E-state index in [2.05, 4.69) is 10.2 Å². The first-order chi connectivity index (χ1) is 10.2. The molecular formula is C17H17N3O. The van der Waals surface area contributed by atoms with E-state index in [-0.39, 0.29) is 6.61 Å². The largest absolute Gasteiger partial charge is 0.398 e. The van der Waals surface area contributed by atoms with Crippen LogP contribution in [0.5, 0.6) is 0 Å². The number of nitrogens with one attached hydrogen (secondary N) is 1. The number of benzene rings is 2. The molecule has 0 unspecified atom stereocenters. The van der Waals surface area contributed by atoms with Gasteiger partial charge in [-0.25, -0.2) is 0 Å². The molecule has 106 valence electrons. The molecule has 3 rings (SSSR count). The Balaban J connectivity index is 1.97. The number of aromatic nitrogens is 2. The number of hydrogen-bond donors (Lipinski definition) is 3. The van der Waals surface area contributed by atoms with Gasteiger partial charge in [0.15, 0.2) is 0 Å². The van der Waals surface area contributed by atoms with Crippen LogP contribution in [-0.2, 0) is 6.61 Å². The molecule has 0 aliphatic heterocycles. The third kappa shape index (κ3) is 2.66. The quantitative estimate of drug-likeness (QED) is 0.645. The Hall–Kier alpha value is -2.59. The maximum atomic E-state index is 9.16. The van der Waals surface area contributed by atoms with Crippen LogP contribution >= 0.6 is 0 Å². The van der Waals surface area contributed by atoms with Gasteiger partial charge in [-0.15, -0.1) is 0 Å². The summed E-state index contributed by atoms with van der Waals surface area (Å²) in [6.07, 6.45) is 3.93. The van der Waals surface area contributed by atoms with Gasteiger partial charge in [0, 0.05) is 11.1 Å². The van der Waals surface area contributed by atoms with E-state index in [9.17, 15) is 0 Å². The summed E-state index contributed by atoms with van der Waals surface area (Å²) in [6, 6.07) is 11.7. The number of aromatic amines is 1. The lowest BCUT2D eigenvalue weighted by atomic mass is 10.1. The van der Waals surface area contributed by atoms with Crippen LogP contribution in [0.2, 0.25) is 0 Å². The van der Waals surface area contributed by atoms with Crippen molar-refractivity contribution in [2.45, 2.75) is 13.5 Å². The summed E-state index contributed by atoms with van der Waals surface area (Å²) in [5.41, 5.74) is 11.5. The summed E-state index contributed by atoms with van der Waals surface area (Å²) >= 11 is 0. The summed E-state index contributed by atoms with van der Waals surface area (Å²) in [6.45, 7) is 2.02. The lowest BCUT2D eigenvalue weighted by molar-refractivity contribution is 0.282. The number of aliphatic hydroxyl groups is 1. The zero-order valence-corrected chi connectivity index (χ0v) is 11.8. The number of nitrogens with two attached hydrogens (primary N) is 1. The third-order valence-electron chi connectivity index (χ3n) is 3.55. The highest BCUT2D eigenvalue weighted by atomic mass is 16.3. The lowest BCUT2D eigenvalue weighted by Crippen LogP contribution is -1.88. The van der Waals surface area contributed by atoms with Crippen molar-refractivity contribution >= 4 is 28.7 Å². The summed E-state index contributed by atoms with van der Waals surface area (Å²) in [5, 5.41) is 17.5. The summed E-state index contributed by atoms with van der Waals surface area (Å²) in [7, 11) is 0. The number of nitrogens with zero attached hydrogens (tertiary/aromatic N) is 1. The number of H-pyrrole nitrogens is 1. The number of nitrogen functional groups attached to an aromatic ring is 1. The maximum absolute atomic E-state index is 9.16. The molecule has 3 aromatic rings. The van der Waals surface area contributed by atoms with Crippen molar-refractivity contribution < 1.29 is 5.11 Å². The van der Waals surface area contributed by atoms with E-state index in [0.29, 0.717) is 0 Å². The first-order valence-corrected chi connectivity index (χ1v) is 6.79. The molecule has 4 N–H and O–H groups in total. The van der Waals surface area contributed by atoms with Crippen molar-refractivity contribution in [1.82, 2.24) is 10.2 Å². The predicted octanol–water partition coefficient (Wildman–Crippen LogP) is 3.12. The minimum atomic E-state index is 0.0445. The van der Waals surface area contributed by atoms with Crippen molar-refractivity contribution in [3.8, 4) is 0 Å². The Morgan fingerprint density at radius 1 is 1.24 bits per heavy atom. The van der Waals surface area contributed by atoms with Gasteiger partial charge in [0.25, 0.3) is 0 Å². The Morgan fingerprint density at radius 2 is 2.10 bits per heavy atom. The van der Waals surface area contributed by atoms with Crippen molar-refractivity contribution in [2.24, 2.45) is 0 Å². The predicted molar refractivity (Wildman–Crippen MR) is 86.5 cm³/mol. The van der Waals surface area contributed by atoms with E-state index in [0.717, 1.165) is 39.0 Å². The highest BCUT2D eigenvalue weighted by molar-refractivity contribution is 5.92. The average Bonchev–Trinajstić information content (AvgIpc) is 2.88. The molecule has 2 aromatic carbocycles. The van der Waals surface area contributed by atoms with Gasteiger partial charge in [-0.2, -0.15) is 5.10 Å². The molecule has 21 heavy (non-hydrogen) atoms. The number of rotatable bonds is 3. The molecule has 0 fully saturated rings. The van der Waals surface area contributed by atoms with Crippen molar-refractivity contribution in [3.63, 3.8) is 0 Å². The maximum Gasteiger partial charge on any atom is 0.0928 e. The molecule has 0 atom stereocenters. The molecule has 0 aliphatic rings. The fourth-order valence-electron chi connectivity index (χ4n) is 2.31. The Labute approximate surface area is 122 Å². The van der Waals surface area contributed by atoms with Crippen molar-refractivity contribution in [1.29, 1.82) is 0 Å². The van der Waals surface area contributed by atoms with E-state index in [1.165, 1.54) is 0 Å². The van der Waals surface area contributed by atoms with E-state index in [1.807, 2.05) is 55.5 Å². The third-order valence-corrected chi connectivity index (χ3v) is 3.55. The molecule has 0 aliphatic carbocycles. The molecule has 0 radical (unpaired) electrons. The molecule has 4 nitrogen and oxygen atoms in total. The normalized spacial score (nSPS) is 11.5. The molecule has 1 aromatic heterocycles. The Kier molecular flexibility index (Phi) is 3.46. The number of hydrogen-bond acceptors (Lipinski definition) is 3. The first-order valence-electron chi connectivity index (χ1n) is 6.79. The minimum Gasteiger partial charge on any atom is -0.398 e. The van der Waals surface area contributed by atoms with Gasteiger partial charge < -0.3 is 10.8 Å². The van der Waals surface area contributed by atoms with Crippen LogP contribution in [0.25, 0.3) is 23.1 Å². The van der Waals surface area contributed by atoms with E-state index < -0.39 is 0 Å². The van der Waals surface area contributed by atoms with Crippen LogP contribution in [0.15, 0.2) is 36.4 Å². The van der Waals surface area contributed by atoms with E-state index in [4.69, 9.17) is 10.8 Å². The van der Waals surface area contributed by atoms with Crippen LogP contribution in [-0.4, -0.2) is 15.3 Å². The molecule has 0 spiro atoms. The van der Waals surface area contributed by atoms with Gasteiger partial charge in [-0.1, -0.05) is 24.3 Å². The van der Waals surface area contributed by atoms with Gasteiger partial charge in [0.05, 0.1) is 17.8 Å². The average molecular weight is 279 g/mol. The number of aliphatic hydroxyl groups excluding tert-OH is 1. The second kappa shape index (κ2) is 5.42. The number of aryl methyl sites for hydroxylation is 1. The van der Waals surface area contributed by atoms with Gasteiger partial charge in [0.1, 0.15) is 0 Å². The lowest BCUT2D eigenvalue weighted by Gasteiger charge is -2.00. The highest BCUT2D eigenvalue weighted by Crippen LogP contribution is 2.23. The van der Waals surface area contributed by atoms with Gasteiger partial charge in [-0.3, -0.25) is 5.10 Å². The van der Waals surface area contributed by atoms with E-state index in [1.54, 1.807) is 0 Å². The Morgan fingerprint density at radius 3 is 2.90 bits per heavy atom. The van der Waals surface area contributed by atoms with Crippen LogP contribution in [0.4, 0.5) is 5.69 Å². The second-order valence-electron chi connectivity index (χ2n) is 5.10. The van der Waals surface area contributed by atoms with Crippen molar-refractivity contribution in [2.75, 3.05) is 5.73 Å². The molecule has 4 heteroatoms. The SMILES string of the molecule is Cc1cc2[nH]nc(/C=C/c3cccc(CO)c3)c2cc1N. The molecular weight excluding hydrogens is 262 g/mol. The van der Waals surface area contributed by atoms with Crippen molar-refractivity contribution in [3.05, 3.63) is 58.8 Å². The monoisotopic (exact) mass is 279 g/mol. The molecule has 0 bridgehead atoms. The first kappa shape index (κ1) is 13.4. The molecule has 1 heterocycles. The summed E-state index contributed by atoms with van der Waals surface area (Å²) in [5.74, 6) is 0. The second-order valence-corrected chi connectivity index (χ2v) is 5.10. The fourth-order valence-corrected chi connectivity index (χ4v) is 2.31. The molecule has 0 amide bonds. The van der Waals surface area contributed by atoms with Crippen LogP contribution in [0.3, 0.4) is 0 Å². The van der Waals surface area contributed by atoms with Crippen LogP contribution in [0, 0.1) is 6.92 Å². The number of anilines is 1. The summed E-state index contributed by atoms with van der Waals surface area (Å²) < 4.78 is 0. The smallest absolute Gasteiger partial charge is 0.0928 e. The fraction of sp³-hybridized carbons (Fsp3) is 0.118. The van der Waals surface area contributed by atoms with Crippen LogP contribution < -0.4 is 5.73 Å². The van der Waals surface area contributed by atoms with Gasteiger partial charge in [-0.05, 0) is 47.9 Å².